The predicted octanol–water partition coefficient (Wildman–Crippen LogP) is 2.61. The smallest absolute Gasteiger partial charge is 0.243 e. The van der Waals surface area contributed by atoms with Crippen LogP contribution in [0.5, 0.6) is 5.75 Å². The van der Waals surface area contributed by atoms with Crippen molar-refractivity contribution < 1.29 is 13.2 Å². The van der Waals surface area contributed by atoms with Gasteiger partial charge < -0.3 is 10.1 Å². The van der Waals surface area contributed by atoms with Crippen molar-refractivity contribution >= 4 is 21.6 Å². The molecule has 2 aromatic rings. The molecule has 1 N–H and O–H groups in total. The van der Waals surface area contributed by atoms with Gasteiger partial charge in [-0.15, -0.1) is 0 Å². The molecular formula is C18H19ClN2O3S. The molecule has 0 saturated carbocycles. The van der Waals surface area contributed by atoms with E-state index >= 15 is 0 Å². The molecule has 0 bridgehead atoms. The van der Waals surface area contributed by atoms with E-state index < -0.39 is 10.0 Å². The second-order valence-electron chi connectivity index (χ2n) is 6.26. The zero-order valence-corrected chi connectivity index (χ0v) is 15.2. The molecule has 1 atom stereocenters. The lowest BCUT2D eigenvalue weighted by atomic mass is 10.1. The first-order valence-electron chi connectivity index (χ1n) is 8.29. The SMILES string of the molecule is O=S(=O)(c1ccc2c(c1)CCO2)N1CCNCC1c1cccc(Cl)c1. The predicted molar refractivity (Wildman–Crippen MR) is 96.6 cm³/mol. The molecule has 5 nitrogen and oxygen atoms in total. The number of benzene rings is 2. The van der Waals surface area contributed by atoms with Crippen LogP contribution in [0.25, 0.3) is 0 Å². The van der Waals surface area contributed by atoms with Crippen LogP contribution in [0.1, 0.15) is 17.2 Å². The maximum absolute atomic E-state index is 13.3. The molecule has 4 rings (SSSR count). The van der Waals surface area contributed by atoms with E-state index in [1.807, 2.05) is 18.2 Å². The Hall–Kier alpha value is -1.60. The van der Waals surface area contributed by atoms with Crippen molar-refractivity contribution in [1.29, 1.82) is 0 Å². The normalized spacial score (nSPS) is 20.9. The highest BCUT2D eigenvalue weighted by Crippen LogP contribution is 2.33. The Kier molecular flexibility index (Phi) is 4.45. The number of piperazine rings is 1. The quantitative estimate of drug-likeness (QED) is 0.891. The van der Waals surface area contributed by atoms with Gasteiger partial charge in [-0.1, -0.05) is 23.7 Å². The molecule has 7 heteroatoms. The van der Waals surface area contributed by atoms with Gasteiger partial charge in [0, 0.05) is 31.1 Å². The van der Waals surface area contributed by atoms with Crippen molar-refractivity contribution in [3.63, 3.8) is 0 Å². The summed E-state index contributed by atoms with van der Waals surface area (Å²) in [6.45, 7) is 2.22. The molecule has 2 aliphatic rings. The fraction of sp³-hybridized carbons (Fsp3) is 0.333. The first kappa shape index (κ1) is 16.8. The lowest BCUT2D eigenvalue weighted by Crippen LogP contribution is -2.48. The maximum atomic E-state index is 13.3. The number of ether oxygens (including phenoxy) is 1. The van der Waals surface area contributed by atoms with Crippen molar-refractivity contribution in [3.8, 4) is 5.75 Å². The van der Waals surface area contributed by atoms with Crippen LogP contribution in [0.15, 0.2) is 47.4 Å². The zero-order chi connectivity index (χ0) is 17.4. The van der Waals surface area contributed by atoms with Crippen molar-refractivity contribution in [3.05, 3.63) is 58.6 Å². The number of halogens is 1. The maximum Gasteiger partial charge on any atom is 0.243 e. The standard InChI is InChI=1S/C18H19ClN2O3S/c19-15-3-1-2-13(10-15)17-12-20-7-8-21(17)25(22,23)16-4-5-18-14(11-16)6-9-24-18/h1-5,10-11,17,20H,6-9,12H2. The summed E-state index contributed by atoms with van der Waals surface area (Å²) < 4.78 is 33.6. The van der Waals surface area contributed by atoms with Crippen molar-refractivity contribution in [2.75, 3.05) is 26.2 Å². The van der Waals surface area contributed by atoms with E-state index in [0.717, 1.165) is 23.3 Å². The highest BCUT2D eigenvalue weighted by Gasteiger charge is 2.35. The number of sulfonamides is 1. The van der Waals surface area contributed by atoms with Crippen LogP contribution in [0.4, 0.5) is 0 Å². The van der Waals surface area contributed by atoms with Crippen LogP contribution in [0, 0.1) is 0 Å². The van der Waals surface area contributed by atoms with Gasteiger partial charge in [0.2, 0.25) is 10.0 Å². The number of fused-ring (bicyclic) bond motifs is 1. The van der Waals surface area contributed by atoms with Crippen LogP contribution >= 0.6 is 11.6 Å². The highest BCUT2D eigenvalue weighted by atomic mass is 35.5. The minimum absolute atomic E-state index is 0.276. The van der Waals surface area contributed by atoms with Crippen LogP contribution < -0.4 is 10.1 Å². The molecule has 2 aromatic carbocycles. The molecule has 0 spiro atoms. The van der Waals surface area contributed by atoms with Crippen LogP contribution in [0.2, 0.25) is 5.02 Å². The molecule has 1 unspecified atom stereocenters. The lowest BCUT2D eigenvalue weighted by molar-refractivity contribution is 0.271. The minimum Gasteiger partial charge on any atom is -0.493 e. The van der Waals surface area contributed by atoms with Gasteiger partial charge in [-0.05, 0) is 41.5 Å². The van der Waals surface area contributed by atoms with Gasteiger partial charge in [0.05, 0.1) is 17.5 Å². The summed E-state index contributed by atoms with van der Waals surface area (Å²) in [6, 6.07) is 12.3. The van der Waals surface area contributed by atoms with E-state index in [2.05, 4.69) is 5.32 Å². The molecule has 1 saturated heterocycles. The Morgan fingerprint density at radius 1 is 1.20 bits per heavy atom. The summed E-state index contributed by atoms with van der Waals surface area (Å²) in [5.74, 6) is 0.783. The summed E-state index contributed by atoms with van der Waals surface area (Å²) in [4.78, 5) is 0.325. The Balaban J connectivity index is 1.72. The molecule has 25 heavy (non-hydrogen) atoms. The van der Waals surface area contributed by atoms with E-state index in [1.54, 1.807) is 28.6 Å². The fourth-order valence-electron chi connectivity index (χ4n) is 3.43. The third-order valence-corrected chi connectivity index (χ3v) is 6.83. The number of hydrogen-bond donors (Lipinski definition) is 1. The Labute approximate surface area is 152 Å². The van der Waals surface area contributed by atoms with Crippen LogP contribution in [-0.2, 0) is 16.4 Å². The first-order valence-corrected chi connectivity index (χ1v) is 10.1. The van der Waals surface area contributed by atoms with Crippen molar-refractivity contribution in [2.45, 2.75) is 17.4 Å². The first-order chi connectivity index (χ1) is 12.1. The van der Waals surface area contributed by atoms with Gasteiger partial charge in [0.25, 0.3) is 0 Å². The van der Waals surface area contributed by atoms with Gasteiger partial charge >= 0.3 is 0 Å². The molecule has 0 aliphatic carbocycles. The van der Waals surface area contributed by atoms with E-state index in [9.17, 15) is 8.42 Å². The lowest BCUT2D eigenvalue weighted by Gasteiger charge is -2.35. The van der Waals surface area contributed by atoms with E-state index in [4.69, 9.17) is 16.3 Å². The molecule has 0 aromatic heterocycles. The Bertz CT molecular complexity index is 901. The fourth-order valence-corrected chi connectivity index (χ4v) is 5.29. The second kappa shape index (κ2) is 6.61. The van der Waals surface area contributed by atoms with Crippen LogP contribution in [-0.4, -0.2) is 39.0 Å². The van der Waals surface area contributed by atoms with Gasteiger partial charge in [-0.25, -0.2) is 8.42 Å². The molecule has 0 radical (unpaired) electrons. The van der Waals surface area contributed by atoms with Gasteiger partial charge in [-0.2, -0.15) is 4.31 Å². The van der Waals surface area contributed by atoms with Crippen LogP contribution in [0.3, 0.4) is 0 Å². The second-order valence-corrected chi connectivity index (χ2v) is 8.59. The van der Waals surface area contributed by atoms with Gasteiger partial charge in [0.1, 0.15) is 5.75 Å². The molecule has 132 valence electrons. The average molecular weight is 379 g/mol. The van der Waals surface area contributed by atoms with Gasteiger partial charge in [0.15, 0.2) is 0 Å². The van der Waals surface area contributed by atoms with Crippen molar-refractivity contribution in [2.24, 2.45) is 0 Å². The Morgan fingerprint density at radius 3 is 2.92 bits per heavy atom. The van der Waals surface area contributed by atoms with E-state index in [-0.39, 0.29) is 6.04 Å². The largest absolute Gasteiger partial charge is 0.493 e. The number of hydrogen-bond acceptors (Lipinski definition) is 4. The number of nitrogens with one attached hydrogen (secondary N) is 1. The van der Waals surface area contributed by atoms with E-state index in [1.165, 1.54) is 0 Å². The number of nitrogens with zero attached hydrogens (tertiary/aromatic N) is 1. The third-order valence-electron chi connectivity index (χ3n) is 4.70. The summed E-state index contributed by atoms with van der Waals surface area (Å²) in [7, 11) is -3.60. The van der Waals surface area contributed by atoms with E-state index in [0.29, 0.717) is 36.2 Å². The van der Waals surface area contributed by atoms with Gasteiger partial charge in [-0.3, -0.25) is 0 Å². The molecule has 1 fully saturated rings. The van der Waals surface area contributed by atoms with Crippen molar-refractivity contribution in [1.82, 2.24) is 9.62 Å². The number of rotatable bonds is 3. The molecule has 2 heterocycles. The average Bonchev–Trinajstić information content (AvgIpc) is 3.09. The third kappa shape index (κ3) is 3.15. The molecular weight excluding hydrogens is 360 g/mol. The minimum atomic E-state index is -3.60. The molecule has 0 amide bonds. The topological polar surface area (TPSA) is 58.6 Å². The monoisotopic (exact) mass is 378 g/mol. The molecule has 2 aliphatic heterocycles. The Morgan fingerprint density at radius 2 is 2.08 bits per heavy atom. The summed E-state index contributed by atoms with van der Waals surface area (Å²) >= 11 is 6.10. The summed E-state index contributed by atoms with van der Waals surface area (Å²) in [5.41, 5.74) is 1.85. The summed E-state index contributed by atoms with van der Waals surface area (Å²) in [6.07, 6.45) is 0.748. The summed E-state index contributed by atoms with van der Waals surface area (Å²) in [5, 5.41) is 3.89. The highest BCUT2D eigenvalue weighted by molar-refractivity contribution is 7.89. The zero-order valence-electron chi connectivity index (χ0n) is 13.6.